The zero-order valence-electron chi connectivity index (χ0n) is 14.1. The number of nitrogens with zero attached hydrogens (tertiary/aromatic N) is 1. The van der Waals surface area contributed by atoms with Crippen LogP contribution in [0.5, 0.6) is 0 Å². The summed E-state index contributed by atoms with van der Waals surface area (Å²) in [6.07, 6.45) is 3.92. The number of aliphatic imine (C=N–C) groups is 1. The molecule has 0 saturated heterocycles. The van der Waals surface area contributed by atoms with Crippen molar-refractivity contribution in [3.63, 3.8) is 0 Å². The lowest BCUT2D eigenvalue weighted by molar-refractivity contribution is 0.584. The van der Waals surface area contributed by atoms with E-state index in [2.05, 4.69) is 51.7 Å². The molecule has 8 heteroatoms. The monoisotopic (exact) mass is 358 g/mol. The van der Waals surface area contributed by atoms with Crippen LogP contribution >= 0.6 is 11.8 Å². The number of hydrogen-bond donors (Lipinski definition) is 3. The molecule has 3 N–H and O–H groups in total. The van der Waals surface area contributed by atoms with Crippen molar-refractivity contribution < 1.29 is 8.42 Å². The van der Waals surface area contributed by atoms with Crippen molar-refractivity contribution in [2.75, 3.05) is 32.6 Å². The lowest BCUT2D eigenvalue weighted by Crippen LogP contribution is -2.38. The third-order valence-corrected chi connectivity index (χ3v) is 4.67. The summed E-state index contributed by atoms with van der Waals surface area (Å²) >= 11 is 1.73. The molecule has 0 heterocycles. The molecule has 0 amide bonds. The van der Waals surface area contributed by atoms with Crippen molar-refractivity contribution >= 4 is 27.7 Å². The van der Waals surface area contributed by atoms with E-state index in [-0.39, 0.29) is 0 Å². The molecule has 0 aliphatic rings. The van der Waals surface area contributed by atoms with Crippen LogP contribution in [0.4, 0.5) is 0 Å². The van der Waals surface area contributed by atoms with Gasteiger partial charge in [0.05, 0.1) is 6.26 Å². The zero-order chi connectivity index (χ0) is 17.3. The average molecular weight is 359 g/mol. The average Bonchev–Trinajstić information content (AvgIpc) is 2.49. The number of thioether (sulfide) groups is 1. The van der Waals surface area contributed by atoms with Crippen LogP contribution in [0.1, 0.15) is 17.5 Å². The largest absolute Gasteiger partial charge is 0.356 e. The molecule has 130 valence electrons. The van der Waals surface area contributed by atoms with Crippen LogP contribution in [0.2, 0.25) is 0 Å². The fourth-order valence-corrected chi connectivity index (χ4v) is 3.17. The Kier molecular flexibility index (Phi) is 8.43. The topological polar surface area (TPSA) is 82.6 Å². The summed E-state index contributed by atoms with van der Waals surface area (Å²) in [5.41, 5.74) is 2.48. The van der Waals surface area contributed by atoms with Crippen molar-refractivity contribution in [2.45, 2.75) is 24.8 Å². The van der Waals surface area contributed by atoms with E-state index in [1.165, 1.54) is 16.0 Å². The zero-order valence-corrected chi connectivity index (χ0v) is 15.8. The van der Waals surface area contributed by atoms with E-state index in [9.17, 15) is 8.42 Å². The summed E-state index contributed by atoms with van der Waals surface area (Å²) in [5, 5.41) is 6.45. The summed E-state index contributed by atoms with van der Waals surface area (Å²) in [6, 6.07) is 6.40. The minimum atomic E-state index is -3.11. The molecular weight excluding hydrogens is 332 g/mol. The first-order valence-corrected chi connectivity index (χ1v) is 10.5. The number of guanidine groups is 1. The molecule has 0 unspecified atom stereocenters. The second-order valence-electron chi connectivity index (χ2n) is 5.19. The first-order chi connectivity index (χ1) is 10.9. The van der Waals surface area contributed by atoms with E-state index < -0.39 is 10.0 Å². The molecule has 0 aromatic heterocycles. The van der Waals surface area contributed by atoms with Crippen LogP contribution in [-0.2, 0) is 16.6 Å². The van der Waals surface area contributed by atoms with Gasteiger partial charge >= 0.3 is 0 Å². The summed E-state index contributed by atoms with van der Waals surface area (Å²) in [6.45, 7) is 3.84. The quantitative estimate of drug-likeness (QED) is 0.283. The second-order valence-corrected chi connectivity index (χ2v) is 7.87. The Balaban J connectivity index is 2.40. The smallest absolute Gasteiger partial charge is 0.208 e. The van der Waals surface area contributed by atoms with Gasteiger partial charge in [0.1, 0.15) is 0 Å². The number of hydrogen-bond acceptors (Lipinski definition) is 4. The van der Waals surface area contributed by atoms with Gasteiger partial charge < -0.3 is 10.6 Å². The van der Waals surface area contributed by atoms with Gasteiger partial charge in [-0.2, -0.15) is 0 Å². The molecule has 1 aromatic rings. The molecule has 1 rings (SSSR count). The predicted molar refractivity (Wildman–Crippen MR) is 98.6 cm³/mol. The van der Waals surface area contributed by atoms with E-state index >= 15 is 0 Å². The number of rotatable bonds is 8. The summed E-state index contributed by atoms with van der Waals surface area (Å²) in [5.74, 6) is 0.706. The van der Waals surface area contributed by atoms with E-state index in [0.29, 0.717) is 32.0 Å². The summed E-state index contributed by atoms with van der Waals surface area (Å²) in [4.78, 5) is 5.43. The summed E-state index contributed by atoms with van der Waals surface area (Å²) in [7, 11) is -1.40. The third-order valence-electron chi connectivity index (χ3n) is 3.12. The van der Waals surface area contributed by atoms with Crippen LogP contribution in [0.15, 0.2) is 28.1 Å². The van der Waals surface area contributed by atoms with Gasteiger partial charge in [-0.05, 0) is 36.8 Å². The number of benzene rings is 1. The highest BCUT2D eigenvalue weighted by atomic mass is 32.2. The van der Waals surface area contributed by atoms with Gasteiger partial charge in [0, 0.05) is 31.6 Å². The van der Waals surface area contributed by atoms with Gasteiger partial charge in [0.15, 0.2) is 5.96 Å². The normalized spacial score (nSPS) is 12.3. The Labute approximate surface area is 143 Å². The SMILES string of the molecule is CN=C(NCCCNS(C)(=O)=O)NCc1ccc(C)cc1SC. The molecular formula is C15H26N4O2S2. The Morgan fingerprint density at radius 3 is 2.61 bits per heavy atom. The highest BCUT2D eigenvalue weighted by Gasteiger charge is 2.04. The number of nitrogens with one attached hydrogen (secondary N) is 3. The van der Waals surface area contributed by atoms with Gasteiger partial charge in [-0.15, -0.1) is 11.8 Å². The van der Waals surface area contributed by atoms with Crippen LogP contribution in [0.3, 0.4) is 0 Å². The minimum Gasteiger partial charge on any atom is -0.356 e. The first kappa shape index (κ1) is 19.8. The number of aryl methyl sites for hydroxylation is 1. The molecule has 0 aliphatic heterocycles. The lowest BCUT2D eigenvalue weighted by atomic mass is 10.1. The summed E-state index contributed by atoms with van der Waals surface area (Å²) < 4.78 is 24.4. The minimum absolute atomic E-state index is 0.414. The van der Waals surface area contributed by atoms with Crippen LogP contribution in [0.25, 0.3) is 0 Å². The molecule has 1 aromatic carbocycles. The Morgan fingerprint density at radius 2 is 2.00 bits per heavy atom. The van der Waals surface area contributed by atoms with E-state index in [4.69, 9.17) is 0 Å². The third kappa shape index (κ3) is 8.24. The fourth-order valence-electron chi connectivity index (χ4n) is 1.95. The maximum Gasteiger partial charge on any atom is 0.208 e. The van der Waals surface area contributed by atoms with Crippen LogP contribution < -0.4 is 15.4 Å². The molecule has 0 atom stereocenters. The van der Waals surface area contributed by atoms with Crippen LogP contribution in [-0.4, -0.2) is 47.0 Å². The molecule has 0 radical (unpaired) electrons. The second kappa shape index (κ2) is 9.79. The van der Waals surface area contributed by atoms with Gasteiger partial charge in [-0.3, -0.25) is 4.99 Å². The van der Waals surface area contributed by atoms with Gasteiger partial charge in [0.2, 0.25) is 10.0 Å². The fraction of sp³-hybridized carbons (Fsp3) is 0.533. The van der Waals surface area contributed by atoms with Crippen molar-refractivity contribution in [3.05, 3.63) is 29.3 Å². The molecule has 0 aliphatic carbocycles. The molecule has 0 bridgehead atoms. The first-order valence-electron chi connectivity index (χ1n) is 7.38. The van der Waals surface area contributed by atoms with Crippen molar-refractivity contribution in [3.8, 4) is 0 Å². The van der Waals surface area contributed by atoms with Gasteiger partial charge in [-0.25, -0.2) is 13.1 Å². The molecule has 0 saturated carbocycles. The van der Waals surface area contributed by atoms with Gasteiger partial charge in [0.25, 0.3) is 0 Å². The van der Waals surface area contributed by atoms with Crippen molar-refractivity contribution in [1.82, 2.24) is 15.4 Å². The number of sulfonamides is 1. The highest BCUT2D eigenvalue weighted by molar-refractivity contribution is 7.98. The van der Waals surface area contributed by atoms with Crippen molar-refractivity contribution in [1.29, 1.82) is 0 Å². The van der Waals surface area contributed by atoms with Crippen LogP contribution in [0, 0.1) is 6.92 Å². The maximum absolute atomic E-state index is 11.0. The predicted octanol–water partition coefficient (Wildman–Crippen LogP) is 1.32. The Morgan fingerprint density at radius 1 is 1.26 bits per heavy atom. The van der Waals surface area contributed by atoms with E-state index in [0.717, 1.165) is 6.26 Å². The highest BCUT2D eigenvalue weighted by Crippen LogP contribution is 2.21. The Hall–Kier alpha value is -1.25. The van der Waals surface area contributed by atoms with E-state index in [1.807, 2.05) is 0 Å². The standard InChI is InChI=1S/C15H26N4O2S2/c1-12-6-7-13(14(10-12)22-3)11-18-15(16-2)17-8-5-9-19-23(4,20)21/h6-7,10,19H,5,8-9,11H2,1-4H3,(H2,16,17,18). The molecule has 0 fully saturated rings. The van der Waals surface area contributed by atoms with E-state index in [1.54, 1.807) is 18.8 Å². The molecule has 0 spiro atoms. The molecule has 23 heavy (non-hydrogen) atoms. The lowest BCUT2D eigenvalue weighted by Gasteiger charge is -2.14. The Bertz CT molecular complexity index is 630. The van der Waals surface area contributed by atoms with Crippen molar-refractivity contribution in [2.24, 2.45) is 4.99 Å². The molecule has 6 nitrogen and oxygen atoms in total. The van der Waals surface area contributed by atoms with Gasteiger partial charge in [-0.1, -0.05) is 12.1 Å². The maximum atomic E-state index is 11.0.